The molecule has 1 aliphatic heterocycles. The van der Waals surface area contributed by atoms with Crippen molar-refractivity contribution in [3.63, 3.8) is 0 Å². The van der Waals surface area contributed by atoms with Crippen LogP contribution >= 0.6 is 0 Å². The first kappa shape index (κ1) is 19.2. The van der Waals surface area contributed by atoms with Crippen molar-refractivity contribution in [3.05, 3.63) is 30.3 Å². The Morgan fingerprint density at radius 3 is 2.72 bits per heavy atom. The largest absolute Gasteiger partial charge is 0.484 e. The molecule has 2 N–H and O–H groups in total. The second-order valence-electron chi connectivity index (χ2n) is 6.46. The number of carbonyl (C=O) groups is 2. The van der Waals surface area contributed by atoms with Crippen molar-refractivity contribution < 1.29 is 14.3 Å². The molecule has 0 aromatic heterocycles. The number of hydrogen-bond donors (Lipinski definition) is 2. The molecule has 1 aromatic rings. The number of carbonyl (C=O) groups excluding carboxylic acids is 2. The molecular weight excluding hydrogens is 318 g/mol. The Morgan fingerprint density at radius 1 is 1.16 bits per heavy atom. The summed E-state index contributed by atoms with van der Waals surface area (Å²) in [6.45, 7) is 4.97. The molecule has 0 radical (unpaired) electrons. The maximum absolute atomic E-state index is 11.8. The van der Waals surface area contributed by atoms with Crippen LogP contribution in [-0.2, 0) is 9.59 Å². The maximum Gasteiger partial charge on any atom is 0.258 e. The minimum atomic E-state index is -0.304. The number of ether oxygens (including phenoxy) is 1. The first-order valence-electron chi connectivity index (χ1n) is 9.10. The van der Waals surface area contributed by atoms with E-state index in [1.54, 1.807) is 12.1 Å². The summed E-state index contributed by atoms with van der Waals surface area (Å²) in [6.07, 6.45) is 4.79. The lowest BCUT2D eigenvalue weighted by atomic mass is 10.0. The van der Waals surface area contributed by atoms with E-state index in [0.29, 0.717) is 18.3 Å². The summed E-state index contributed by atoms with van der Waals surface area (Å²) in [4.78, 5) is 25.9. The molecule has 0 bridgehead atoms. The molecule has 25 heavy (non-hydrogen) atoms. The van der Waals surface area contributed by atoms with Crippen molar-refractivity contribution in [1.29, 1.82) is 0 Å². The summed E-state index contributed by atoms with van der Waals surface area (Å²) in [6, 6.07) is 9.76. The molecule has 0 saturated carbocycles. The quantitative estimate of drug-likeness (QED) is 0.665. The van der Waals surface area contributed by atoms with Crippen LogP contribution in [0.3, 0.4) is 0 Å². The molecule has 1 aromatic carbocycles. The molecule has 1 heterocycles. The van der Waals surface area contributed by atoms with Crippen LogP contribution in [0.4, 0.5) is 0 Å². The van der Waals surface area contributed by atoms with Crippen LogP contribution in [0.25, 0.3) is 0 Å². The first-order valence-corrected chi connectivity index (χ1v) is 9.10. The van der Waals surface area contributed by atoms with E-state index in [-0.39, 0.29) is 25.0 Å². The number of piperidine rings is 1. The van der Waals surface area contributed by atoms with Crippen molar-refractivity contribution in [2.24, 2.45) is 0 Å². The molecule has 1 unspecified atom stereocenters. The Morgan fingerprint density at radius 2 is 1.96 bits per heavy atom. The van der Waals surface area contributed by atoms with Crippen molar-refractivity contribution >= 4 is 11.8 Å². The molecule has 1 atom stereocenters. The molecule has 2 amide bonds. The van der Waals surface area contributed by atoms with Crippen LogP contribution in [0.2, 0.25) is 0 Å². The van der Waals surface area contributed by atoms with E-state index in [1.807, 2.05) is 18.2 Å². The van der Waals surface area contributed by atoms with Gasteiger partial charge in [0.05, 0.1) is 6.54 Å². The van der Waals surface area contributed by atoms with Gasteiger partial charge in [-0.1, -0.05) is 24.6 Å². The number of nitrogens with one attached hydrogen (secondary N) is 2. The van der Waals surface area contributed by atoms with Crippen LogP contribution in [0.5, 0.6) is 5.75 Å². The van der Waals surface area contributed by atoms with Gasteiger partial charge >= 0.3 is 0 Å². The predicted molar refractivity (Wildman–Crippen MR) is 97.5 cm³/mol. The molecule has 2 rings (SSSR count). The summed E-state index contributed by atoms with van der Waals surface area (Å²) >= 11 is 0. The van der Waals surface area contributed by atoms with Crippen LogP contribution in [0.1, 0.15) is 32.6 Å². The van der Waals surface area contributed by atoms with Crippen molar-refractivity contribution in [2.75, 3.05) is 32.8 Å². The van der Waals surface area contributed by atoms with Gasteiger partial charge in [0.25, 0.3) is 5.91 Å². The van der Waals surface area contributed by atoms with Crippen molar-refractivity contribution in [1.82, 2.24) is 15.5 Å². The highest BCUT2D eigenvalue weighted by Gasteiger charge is 2.17. The molecule has 138 valence electrons. The summed E-state index contributed by atoms with van der Waals surface area (Å²) in [5, 5.41) is 5.41. The highest BCUT2D eigenvalue weighted by molar-refractivity contribution is 5.85. The summed E-state index contributed by atoms with van der Waals surface area (Å²) in [7, 11) is 0. The van der Waals surface area contributed by atoms with Gasteiger partial charge in [0.1, 0.15) is 5.75 Å². The molecule has 1 aliphatic rings. The third-order valence-electron chi connectivity index (χ3n) is 4.44. The SMILES string of the molecule is CC1CCCCN1CCCNC(=O)CNC(=O)COc1ccccc1. The number of nitrogens with zero attached hydrogens (tertiary/aromatic N) is 1. The highest BCUT2D eigenvalue weighted by atomic mass is 16.5. The van der Waals surface area contributed by atoms with E-state index in [0.717, 1.165) is 19.5 Å². The highest BCUT2D eigenvalue weighted by Crippen LogP contribution is 2.16. The minimum Gasteiger partial charge on any atom is -0.484 e. The molecule has 1 fully saturated rings. The van der Waals surface area contributed by atoms with Gasteiger partial charge in [-0.05, 0) is 44.9 Å². The third kappa shape index (κ3) is 7.56. The van der Waals surface area contributed by atoms with Crippen LogP contribution in [-0.4, -0.2) is 55.5 Å². The topological polar surface area (TPSA) is 70.7 Å². The maximum atomic E-state index is 11.8. The van der Waals surface area contributed by atoms with Gasteiger partial charge < -0.3 is 20.3 Å². The third-order valence-corrected chi connectivity index (χ3v) is 4.44. The Balaban J connectivity index is 1.51. The van der Waals surface area contributed by atoms with Crippen molar-refractivity contribution in [2.45, 2.75) is 38.6 Å². The number of benzene rings is 1. The average molecular weight is 347 g/mol. The molecule has 0 aliphatic carbocycles. The zero-order chi connectivity index (χ0) is 17.9. The first-order chi connectivity index (χ1) is 12.1. The van der Waals surface area contributed by atoms with Gasteiger partial charge in [0, 0.05) is 19.1 Å². The van der Waals surface area contributed by atoms with Gasteiger partial charge in [-0.15, -0.1) is 0 Å². The zero-order valence-electron chi connectivity index (χ0n) is 15.0. The second-order valence-corrected chi connectivity index (χ2v) is 6.46. The van der Waals surface area contributed by atoms with E-state index >= 15 is 0 Å². The molecule has 0 spiro atoms. The number of hydrogen-bond acceptors (Lipinski definition) is 4. The van der Waals surface area contributed by atoms with Gasteiger partial charge in [0.15, 0.2) is 6.61 Å². The number of rotatable bonds is 9. The summed E-state index contributed by atoms with van der Waals surface area (Å²) in [5.41, 5.74) is 0. The standard InChI is InChI=1S/C19H29N3O3/c1-16-8-5-6-12-22(16)13-7-11-20-18(23)14-21-19(24)15-25-17-9-3-2-4-10-17/h2-4,9-10,16H,5-8,11-15H2,1H3,(H,20,23)(H,21,24). The van der Waals surface area contributed by atoms with E-state index in [4.69, 9.17) is 4.74 Å². The van der Waals surface area contributed by atoms with E-state index in [9.17, 15) is 9.59 Å². The predicted octanol–water partition coefficient (Wildman–Crippen LogP) is 1.56. The lowest BCUT2D eigenvalue weighted by Crippen LogP contribution is -2.41. The van der Waals surface area contributed by atoms with Crippen LogP contribution in [0, 0.1) is 0 Å². The summed E-state index contributed by atoms with van der Waals surface area (Å²) < 4.78 is 5.33. The van der Waals surface area contributed by atoms with E-state index < -0.39 is 0 Å². The second kappa shape index (κ2) is 10.7. The number of likely N-dealkylation sites (tertiary alicyclic amines) is 1. The Hall–Kier alpha value is -2.08. The van der Waals surface area contributed by atoms with E-state index in [2.05, 4.69) is 22.5 Å². The van der Waals surface area contributed by atoms with Gasteiger partial charge in [0.2, 0.25) is 5.91 Å². The fourth-order valence-electron chi connectivity index (χ4n) is 2.96. The van der Waals surface area contributed by atoms with Gasteiger partial charge in [-0.3, -0.25) is 9.59 Å². The van der Waals surface area contributed by atoms with Crippen LogP contribution in [0.15, 0.2) is 30.3 Å². The lowest BCUT2D eigenvalue weighted by molar-refractivity contribution is -0.127. The Labute approximate surface area is 149 Å². The molecule has 1 saturated heterocycles. The Kier molecular flexibility index (Phi) is 8.25. The molecular formula is C19H29N3O3. The van der Waals surface area contributed by atoms with Crippen molar-refractivity contribution in [3.8, 4) is 5.75 Å². The fraction of sp³-hybridized carbons (Fsp3) is 0.579. The lowest BCUT2D eigenvalue weighted by Gasteiger charge is -2.33. The average Bonchev–Trinajstić information content (AvgIpc) is 2.64. The number of para-hydroxylation sites is 1. The van der Waals surface area contributed by atoms with Gasteiger partial charge in [-0.2, -0.15) is 0 Å². The zero-order valence-corrected chi connectivity index (χ0v) is 15.0. The normalized spacial score (nSPS) is 17.7. The number of amides is 2. The molecule has 6 nitrogen and oxygen atoms in total. The minimum absolute atomic E-state index is 0.0168. The molecule has 6 heteroatoms. The monoisotopic (exact) mass is 347 g/mol. The van der Waals surface area contributed by atoms with E-state index in [1.165, 1.54) is 19.3 Å². The van der Waals surface area contributed by atoms with Gasteiger partial charge in [-0.25, -0.2) is 0 Å². The Bertz CT molecular complexity index is 536. The smallest absolute Gasteiger partial charge is 0.258 e. The van der Waals surface area contributed by atoms with Crippen LogP contribution < -0.4 is 15.4 Å². The fourth-order valence-corrected chi connectivity index (χ4v) is 2.96. The summed E-state index contributed by atoms with van der Waals surface area (Å²) in [5.74, 6) is 0.162.